The van der Waals surface area contributed by atoms with Gasteiger partial charge in [-0.05, 0) is 12.8 Å². The van der Waals surface area contributed by atoms with Crippen LogP contribution in [0.4, 0.5) is 0 Å². The molecule has 4 N–H and O–H groups in total. The monoisotopic (exact) mass is 143 g/mol. The molecular formula is C6H13N3O. The van der Waals surface area contributed by atoms with Gasteiger partial charge in [-0.25, -0.2) is 0 Å². The van der Waals surface area contributed by atoms with E-state index >= 15 is 0 Å². The van der Waals surface area contributed by atoms with Gasteiger partial charge in [-0.1, -0.05) is 0 Å². The summed E-state index contributed by atoms with van der Waals surface area (Å²) in [5, 5.41) is 3.43. The highest BCUT2D eigenvalue weighted by atomic mass is 16.5. The number of hydrogen-bond acceptors (Lipinski definition) is 3. The van der Waals surface area contributed by atoms with Crippen LogP contribution in [0.2, 0.25) is 0 Å². The molecule has 0 spiro atoms. The van der Waals surface area contributed by atoms with Crippen molar-refractivity contribution in [1.82, 2.24) is 0 Å². The Morgan fingerprint density at radius 3 is 2.90 bits per heavy atom. The minimum Gasteiger partial charge on any atom is -0.385 e. The van der Waals surface area contributed by atoms with E-state index in [9.17, 15) is 0 Å². The van der Waals surface area contributed by atoms with E-state index in [-0.39, 0.29) is 5.92 Å². The molecular weight excluding hydrogens is 130 g/mol. The van der Waals surface area contributed by atoms with Crippen molar-refractivity contribution in [3.63, 3.8) is 0 Å². The van der Waals surface area contributed by atoms with Crippen molar-refractivity contribution < 1.29 is 4.74 Å². The largest absolute Gasteiger partial charge is 0.385 e. The molecule has 0 amide bonds. The van der Waals surface area contributed by atoms with Crippen molar-refractivity contribution in [3.05, 3.63) is 0 Å². The lowest BCUT2D eigenvalue weighted by Gasteiger charge is -2.20. The molecule has 1 aliphatic heterocycles. The first kappa shape index (κ1) is 7.34. The molecule has 4 nitrogen and oxygen atoms in total. The highest BCUT2D eigenvalue weighted by Crippen LogP contribution is 2.12. The number of hydrazone groups is 1. The average Bonchev–Trinajstić information content (AvgIpc) is 2.05. The fraction of sp³-hybridized carbons (Fsp3) is 0.833. The Bertz CT molecular complexity index is 129. The van der Waals surface area contributed by atoms with Crippen molar-refractivity contribution >= 4 is 5.84 Å². The van der Waals surface area contributed by atoms with E-state index in [4.69, 9.17) is 16.3 Å². The number of rotatable bonds is 1. The molecule has 0 bridgehead atoms. The van der Waals surface area contributed by atoms with Crippen LogP contribution in [0.25, 0.3) is 0 Å². The second-order valence-electron chi connectivity index (χ2n) is 2.47. The van der Waals surface area contributed by atoms with Crippen molar-refractivity contribution in [3.8, 4) is 0 Å². The highest BCUT2D eigenvalue weighted by Gasteiger charge is 2.16. The van der Waals surface area contributed by atoms with E-state index in [0.29, 0.717) is 12.4 Å². The summed E-state index contributed by atoms with van der Waals surface area (Å²) in [7, 11) is 0. The third-order valence-electron chi connectivity index (χ3n) is 1.73. The summed E-state index contributed by atoms with van der Waals surface area (Å²) in [5.74, 6) is 5.77. The first-order valence-corrected chi connectivity index (χ1v) is 3.45. The smallest absolute Gasteiger partial charge is 0.124 e. The second kappa shape index (κ2) is 3.41. The van der Waals surface area contributed by atoms with Crippen LogP contribution in [0.15, 0.2) is 5.10 Å². The molecule has 1 aliphatic rings. The Labute approximate surface area is 60.2 Å². The zero-order chi connectivity index (χ0) is 7.40. The summed E-state index contributed by atoms with van der Waals surface area (Å²) >= 11 is 0. The standard InChI is InChI=1S/C6H13N3O/c7-6(9-8)5-2-1-3-10-4-5/h5H,1-4,8H2,(H2,7,9). The molecule has 1 rings (SSSR count). The molecule has 58 valence electrons. The fourth-order valence-electron chi connectivity index (χ4n) is 1.08. The summed E-state index contributed by atoms with van der Waals surface area (Å²) < 4.78 is 5.19. The lowest BCUT2D eigenvalue weighted by Crippen LogP contribution is -2.31. The normalized spacial score (nSPS) is 28.4. The van der Waals surface area contributed by atoms with Crippen LogP contribution in [0.5, 0.6) is 0 Å². The van der Waals surface area contributed by atoms with Gasteiger partial charge in [-0.3, -0.25) is 0 Å². The topological polar surface area (TPSA) is 73.6 Å². The maximum absolute atomic E-state index is 5.49. The molecule has 0 radical (unpaired) electrons. The van der Waals surface area contributed by atoms with Gasteiger partial charge in [-0.15, -0.1) is 0 Å². The second-order valence-corrected chi connectivity index (χ2v) is 2.47. The van der Waals surface area contributed by atoms with Crippen LogP contribution in [-0.2, 0) is 4.74 Å². The lowest BCUT2D eigenvalue weighted by atomic mass is 10.0. The van der Waals surface area contributed by atoms with Gasteiger partial charge in [0.15, 0.2) is 0 Å². The van der Waals surface area contributed by atoms with E-state index in [1.54, 1.807) is 0 Å². The molecule has 0 aromatic carbocycles. The molecule has 1 atom stereocenters. The summed E-state index contributed by atoms with van der Waals surface area (Å²) in [5.41, 5.74) is 5.49. The van der Waals surface area contributed by atoms with E-state index in [2.05, 4.69) is 5.10 Å². The molecule has 1 fully saturated rings. The van der Waals surface area contributed by atoms with Crippen LogP contribution in [0.3, 0.4) is 0 Å². The summed E-state index contributed by atoms with van der Waals surface area (Å²) in [4.78, 5) is 0. The highest BCUT2D eigenvalue weighted by molar-refractivity contribution is 5.82. The molecule has 0 aromatic heterocycles. The van der Waals surface area contributed by atoms with Gasteiger partial charge in [0.05, 0.1) is 6.61 Å². The van der Waals surface area contributed by atoms with Crippen molar-refractivity contribution in [2.75, 3.05) is 13.2 Å². The van der Waals surface area contributed by atoms with E-state index in [0.717, 1.165) is 19.4 Å². The summed E-state index contributed by atoms with van der Waals surface area (Å²) in [6.07, 6.45) is 2.10. The number of nitrogens with zero attached hydrogens (tertiary/aromatic N) is 1. The quantitative estimate of drug-likeness (QED) is 0.228. The maximum Gasteiger partial charge on any atom is 0.124 e. The molecule has 0 saturated carbocycles. The molecule has 4 heteroatoms. The first-order chi connectivity index (χ1) is 4.84. The van der Waals surface area contributed by atoms with E-state index in [1.165, 1.54) is 0 Å². The van der Waals surface area contributed by atoms with Gasteiger partial charge in [0, 0.05) is 12.5 Å². The molecule has 10 heavy (non-hydrogen) atoms. The predicted molar refractivity (Wildman–Crippen MR) is 39.4 cm³/mol. The lowest BCUT2D eigenvalue weighted by molar-refractivity contribution is 0.0765. The van der Waals surface area contributed by atoms with Gasteiger partial charge in [-0.2, -0.15) is 5.10 Å². The van der Waals surface area contributed by atoms with Crippen LogP contribution >= 0.6 is 0 Å². The van der Waals surface area contributed by atoms with Gasteiger partial charge in [0.1, 0.15) is 5.84 Å². The van der Waals surface area contributed by atoms with Gasteiger partial charge in [0.25, 0.3) is 0 Å². The van der Waals surface area contributed by atoms with E-state index < -0.39 is 0 Å². The van der Waals surface area contributed by atoms with Gasteiger partial charge < -0.3 is 16.3 Å². The van der Waals surface area contributed by atoms with Crippen LogP contribution in [0, 0.1) is 5.92 Å². The van der Waals surface area contributed by atoms with E-state index in [1.807, 2.05) is 0 Å². The molecule has 1 unspecified atom stereocenters. The van der Waals surface area contributed by atoms with Crippen LogP contribution in [-0.4, -0.2) is 19.0 Å². The molecule has 1 heterocycles. The summed E-state index contributed by atoms with van der Waals surface area (Å²) in [6.45, 7) is 1.51. The predicted octanol–water partition coefficient (Wildman–Crippen LogP) is -0.356. The number of nitrogens with two attached hydrogens (primary N) is 2. The van der Waals surface area contributed by atoms with Gasteiger partial charge in [0.2, 0.25) is 0 Å². The SMILES string of the molecule is NN=C(N)C1CCCOC1. The zero-order valence-electron chi connectivity index (χ0n) is 5.92. The van der Waals surface area contributed by atoms with Crippen molar-refractivity contribution in [1.29, 1.82) is 0 Å². The third-order valence-corrected chi connectivity index (χ3v) is 1.73. The molecule has 1 saturated heterocycles. The Balaban J connectivity index is 2.39. The summed E-state index contributed by atoms with van der Waals surface area (Å²) in [6, 6.07) is 0. The fourth-order valence-corrected chi connectivity index (χ4v) is 1.08. The number of amidine groups is 1. The third kappa shape index (κ3) is 1.60. The van der Waals surface area contributed by atoms with Gasteiger partial charge >= 0.3 is 0 Å². The minimum atomic E-state index is 0.249. The Kier molecular flexibility index (Phi) is 2.50. The van der Waals surface area contributed by atoms with Crippen LogP contribution in [0.1, 0.15) is 12.8 Å². The van der Waals surface area contributed by atoms with Crippen LogP contribution < -0.4 is 11.6 Å². The Hall–Kier alpha value is -0.770. The Morgan fingerprint density at radius 1 is 1.60 bits per heavy atom. The molecule has 0 aromatic rings. The first-order valence-electron chi connectivity index (χ1n) is 3.45. The average molecular weight is 143 g/mol. The number of hydrogen-bond donors (Lipinski definition) is 2. The Morgan fingerprint density at radius 2 is 2.40 bits per heavy atom. The number of ether oxygens (including phenoxy) is 1. The minimum absolute atomic E-state index is 0.249. The molecule has 0 aliphatic carbocycles. The van der Waals surface area contributed by atoms with Crippen molar-refractivity contribution in [2.24, 2.45) is 22.6 Å². The zero-order valence-corrected chi connectivity index (χ0v) is 5.92. The maximum atomic E-state index is 5.49. The van der Waals surface area contributed by atoms with Crippen molar-refractivity contribution in [2.45, 2.75) is 12.8 Å².